The van der Waals surface area contributed by atoms with E-state index in [1.54, 1.807) is 7.11 Å². The van der Waals surface area contributed by atoms with Crippen LogP contribution in [-0.4, -0.2) is 25.5 Å². The van der Waals surface area contributed by atoms with Crippen molar-refractivity contribution < 1.29 is 14.3 Å². The van der Waals surface area contributed by atoms with Crippen molar-refractivity contribution in [2.24, 2.45) is 0 Å². The summed E-state index contributed by atoms with van der Waals surface area (Å²) in [4.78, 5) is 11.4. The number of amides is 1. The molecule has 0 atom stereocenters. The SMILES string of the molecule is CCOc1c(CNC(=O)CCCl)cccc1OC. The van der Waals surface area contributed by atoms with Gasteiger partial charge in [0.1, 0.15) is 0 Å². The van der Waals surface area contributed by atoms with Gasteiger partial charge in [0.05, 0.1) is 13.7 Å². The molecule has 18 heavy (non-hydrogen) atoms. The lowest BCUT2D eigenvalue weighted by Crippen LogP contribution is -2.23. The molecule has 1 N–H and O–H groups in total. The predicted molar refractivity (Wildman–Crippen MR) is 71.3 cm³/mol. The van der Waals surface area contributed by atoms with E-state index in [-0.39, 0.29) is 5.91 Å². The molecule has 0 saturated heterocycles. The number of ether oxygens (including phenoxy) is 2. The summed E-state index contributed by atoms with van der Waals surface area (Å²) in [6.45, 7) is 2.85. The molecule has 0 aliphatic heterocycles. The van der Waals surface area contributed by atoms with Crippen molar-refractivity contribution in [3.8, 4) is 11.5 Å². The molecule has 0 aliphatic carbocycles. The molecule has 0 aromatic heterocycles. The molecule has 0 unspecified atom stereocenters. The zero-order chi connectivity index (χ0) is 13.4. The molecule has 1 aromatic carbocycles. The highest BCUT2D eigenvalue weighted by molar-refractivity contribution is 6.18. The van der Waals surface area contributed by atoms with E-state index >= 15 is 0 Å². The lowest BCUT2D eigenvalue weighted by Gasteiger charge is -2.14. The number of hydrogen-bond acceptors (Lipinski definition) is 3. The van der Waals surface area contributed by atoms with Gasteiger partial charge in [-0.15, -0.1) is 11.6 Å². The Morgan fingerprint density at radius 2 is 2.22 bits per heavy atom. The first-order chi connectivity index (χ1) is 8.72. The number of carbonyl (C=O) groups excluding carboxylic acids is 1. The molecular formula is C13H18ClNO3. The Hall–Kier alpha value is -1.42. The molecule has 1 aromatic rings. The molecule has 4 nitrogen and oxygen atoms in total. The number of benzene rings is 1. The van der Waals surface area contributed by atoms with E-state index in [0.717, 1.165) is 5.56 Å². The monoisotopic (exact) mass is 271 g/mol. The normalized spacial score (nSPS) is 9.94. The molecular weight excluding hydrogens is 254 g/mol. The summed E-state index contributed by atoms with van der Waals surface area (Å²) in [5, 5.41) is 2.79. The Labute approximate surface area is 112 Å². The van der Waals surface area contributed by atoms with Gasteiger partial charge in [0.2, 0.25) is 5.91 Å². The maximum Gasteiger partial charge on any atom is 0.221 e. The van der Waals surface area contributed by atoms with E-state index in [4.69, 9.17) is 21.1 Å². The lowest BCUT2D eigenvalue weighted by atomic mass is 10.2. The van der Waals surface area contributed by atoms with Gasteiger partial charge in [-0.2, -0.15) is 0 Å². The molecule has 0 heterocycles. The van der Waals surface area contributed by atoms with Gasteiger partial charge in [0, 0.05) is 24.4 Å². The van der Waals surface area contributed by atoms with Crippen molar-refractivity contribution in [1.29, 1.82) is 0 Å². The van der Waals surface area contributed by atoms with Gasteiger partial charge < -0.3 is 14.8 Å². The second-order valence-electron chi connectivity index (χ2n) is 3.60. The minimum atomic E-state index is -0.0738. The van der Waals surface area contributed by atoms with E-state index < -0.39 is 0 Å². The average Bonchev–Trinajstić information content (AvgIpc) is 2.38. The van der Waals surface area contributed by atoms with Crippen LogP contribution in [0.3, 0.4) is 0 Å². The first-order valence-corrected chi connectivity index (χ1v) is 6.37. The molecule has 1 amide bonds. The quantitative estimate of drug-likeness (QED) is 0.775. The van der Waals surface area contributed by atoms with Gasteiger partial charge in [-0.1, -0.05) is 12.1 Å². The number of carbonyl (C=O) groups is 1. The topological polar surface area (TPSA) is 47.6 Å². The summed E-state index contributed by atoms with van der Waals surface area (Å²) in [6.07, 6.45) is 0.315. The minimum Gasteiger partial charge on any atom is -0.493 e. The summed E-state index contributed by atoms with van der Waals surface area (Å²) in [5.74, 6) is 1.59. The van der Waals surface area contributed by atoms with Crippen LogP contribution in [0.5, 0.6) is 11.5 Å². The fraction of sp³-hybridized carbons (Fsp3) is 0.462. The van der Waals surface area contributed by atoms with Gasteiger partial charge >= 0.3 is 0 Å². The number of methoxy groups -OCH3 is 1. The predicted octanol–water partition coefficient (Wildman–Crippen LogP) is 2.34. The highest BCUT2D eigenvalue weighted by atomic mass is 35.5. The molecule has 0 saturated carbocycles. The van der Waals surface area contributed by atoms with Crippen LogP contribution in [0.15, 0.2) is 18.2 Å². The Morgan fingerprint density at radius 3 is 2.83 bits per heavy atom. The van der Waals surface area contributed by atoms with Crippen LogP contribution in [0.1, 0.15) is 18.9 Å². The van der Waals surface area contributed by atoms with Crippen LogP contribution in [0.2, 0.25) is 0 Å². The first-order valence-electron chi connectivity index (χ1n) is 5.84. The van der Waals surface area contributed by atoms with Crippen LogP contribution in [0.25, 0.3) is 0 Å². The molecule has 0 spiro atoms. The van der Waals surface area contributed by atoms with E-state index in [0.29, 0.717) is 37.0 Å². The maximum absolute atomic E-state index is 11.4. The van der Waals surface area contributed by atoms with Gasteiger partial charge in [0.15, 0.2) is 11.5 Å². The molecule has 1 rings (SSSR count). The third-order valence-electron chi connectivity index (χ3n) is 2.37. The second-order valence-corrected chi connectivity index (χ2v) is 3.98. The Balaban J connectivity index is 2.77. The smallest absolute Gasteiger partial charge is 0.221 e. The lowest BCUT2D eigenvalue weighted by molar-refractivity contribution is -0.120. The summed E-state index contributed by atoms with van der Waals surface area (Å²) < 4.78 is 10.8. The van der Waals surface area contributed by atoms with Gasteiger partial charge in [-0.05, 0) is 13.0 Å². The summed E-state index contributed by atoms with van der Waals surface area (Å²) >= 11 is 5.50. The minimum absolute atomic E-state index is 0.0738. The van der Waals surface area contributed by atoms with E-state index in [2.05, 4.69) is 5.32 Å². The molecule has 100 valence electrons. The summed E-state index contributed by atoms with van der Waals surface area (Å²) in [7, 11) is 1.59. The molecule has 0 radical (unpaired) electrons. The summed E-state index contributed by atoms with van der Waals surface area (Å²) in [5.41, 5.74) is 0.888. The van der Waals surface area contributed by atoms with Gasteiger partial charge in [-0.25, -0.2) is 0 Å². The average molecular weight is 272 g/mol. The number of halogens is 1. The largest absolute Gasteiger partial charge is 0.493 e. The third-order valence-corrected chi connectivity index (χ3v) is 2.56. The molecule has 0 fully saturated rings. The zero-order valence-electron chi connectivity index (χ0n) is 10.7. The van der Waals surface area contributed by atoms with Crippen molar-refractivity contribution in [2.45, 2.75) is 19.9 Å². The van der Waals surface area contributed by atoms with Crippen molar-refractivity contribution >= 4 is 17.5 Å². The fourth-order valence-corrected chi connectivity index (χ4v) is 1.71. The Morgan fingerprint density at radius 1 is 1.44 bits per heavy atom. The molecule has 5 heteroatoms. The van der Waals surface area contributed by atoms with Crippen LogP contribution in [0.4, 0.5) is 0 Å². The number of alkyl halides is 1. The van der Waals surface area contributed by atoms with Crippen LogP contribution in [-0.2, 0) is 11.3 Å². The van der Waals surface area contributed by atoms with E-state index in [9.17, 15) is 4.79 Å². The summed E-state index contributed by atoms with van der Waals surface area (Å²) in [6, 6.07) is 5.59. The van der Waals surface area contributed by atoms with E-state index in [1.807, 2.05) is 25.1 Å². The zero-order valence-corrected chi connectivity index (χ0v) is 11.4. The molecule has 0 aliphatic rings. The maximum atomic E-state index is 11.4. The highest BCUT2D eigenvalue weighted by Crippen LogP contribution is 2.30. The Bertz CT molecular complexity index is 396. The van der Waals surface area contributed by atoms with E-state index in [1.165, 1.54) is 0 Å². The van der Waals surface area contributed by atoms with Gasteiger partial charge in [-0.3, -0.25) is 4.79 Å². The van der Waals surface area contributed by atoms with Crippen molar-refractivity contribution in [2.75, 3.05) is 19.6 Å². The Kier molecular flexibility index (Phi) is 6.36. The number of nitrogens with one attached hydrogen (secondary N) is 1. The molecule has 0 bridgehead atoms. The van der Waals surface area contributed by atoms with Gasteiger partial charge in [0.25, 0.3) is 0 Å². The van der Waals surface area contributed by atoms with Crippen LogP contribution in [0, 0.1) is 0 Å². The van der Waals surface area contributed by atoms with Crippen molar-refractivity contribution in [3.63, 3.8) is 0 Å². The first kappa shape index (κ1) is 14.6. The number of para-hydroxylation sites is 1. The van der Waals surface area contributed by atoms with Crippen molar-refractivity contribution in [1.82, 2.24) is 5.32 Å². The highest BCUT2D eigenvalue weighted by Gasteiger charge is 2.10. The third kappa shape index (κ3) is 4.11. The van der Waals surface area contributed by atoms with Crippen molar-refractivity contribution in [3.05, 3.63) is 23.8 Å². The number of rotatable bonds is 7. The standard InChI is InChI=1S/C13H18ClNO3/c1-3-18-13-10(5-4-6-11(13)17-2)9-15-12(16)7-8-14/h4-6H,3,7-9H2,1-2H3,(H,15,16). The van der Waals surface area contributed by atoms with Crippen LogP contribution < -0.4 is 14.8 Å². The number of hydrogen-bond donors (Lipinski definition) is 1. The fourth-order valence-electron chi connectivity index (χ4n) is 1.54. The van der Waals surface area contributed by atoms with Crippen LogP contribution >= 0.6 is 11.6 Å². The second kappa shape index (κ2) is 7.82.